The fourth-order valence-corrected chi connectivity index (χ4v) is 1.71. The van der Waals surface area contributed by atoms with Crippen molar-refractivity contribution in [1.82, 2.24) is 0 Å². The van der Waals surface area contributed by atoms with E-state index in [9.17, 15) is 0 Å². The van der Waals surface area contributed by atoms with Crippen molar-refractivity contribution in [3.05, 3.63) is 0 Å². The summed E-state index contributed by atoms with van der Waals surface area (Å²) in [7, 11) is 0. The van der Waals surface area contributed by atoms with Crippen LogP contribution in [0.25, 0.3) is 0 Å². The van der Waals surface area contributed by atoms with Crippen molar-refractivity contribution in [3.63, 3.8) is 0 Å². The third-order valence-corrected chi connectivity index (χ3v) is 2.34. The lowest BCUT2D eigenvalue weighted by molar-refractivity contribution is 0.887. The van der Waals surface area contributed by atoms with Gasteiger partial charge in [0.15, 0.2) is 0 Å². The lowest BCUT2D eigenvalue weighted by Gasteiger charge is -1.87. The van der Waals surface area contributed by atoms with Gasteiger partial charge in [-0.1, -0.05) is 0 Å². The van der Waals surface area contributed by atoms with Crippen molar-refractivity contribution in [2.45, 2.75) is 18.1 Å². The Morgan fingerprint density at radius 2 is 2.57 bits per heavy atom. The monoisotopic (exact) mass is 113 g/mol. The summed E-state index contributed by atoms with van der Waals surface area (Å²) in [6, 6.07) is 2.23. The molecule has 38 valence electrons. The zero-order valence-corrected chi connectivity index (χ0v) is 4.87. The SMILES string of the molecule is N#C[C@H]1CCCS1. The first kappa shape index (κ1) is 4.99. The Bertz CT molecular complexity index is 88.7. The van der Waals surface area contributed by atoms with Gasteiger partial charge in [0.2, 0.25) is 0 Å². The quantitative estimate of drug-likeness (QED) is 0.474. The largest absolute Gasteiger partial charge is 0.197 e. The van der Waals surface area contributed by atoms with E-state index in [1.165, 1.54) is 12.2 Å². The first-order valence-corrected chi connectivity index (χ1v) is 3.49. The molecule has 7 heavy (non-hydrogen) atoms. The van der Waals surface area contributed by atoms with E-state index < -0.39 is 0 Å². The molecule has 0 N–H and O–H groups in total. The van der Waals surface area contributed by atoms with Gasteiger partial charge in [-0.05, 0) is 18.6 Å². The molecule has 1 heterocycles. The van der Waals surface area contributed by atoms with Gasteiger partial charge in [-0.25, -0.2) is 0 Å². The molecule has 0 aromatic rings. The summed E-state index contributed by atoms with van der Waals surface area (Å²) in [4.78, 5) is 0. The molecule has 1 atom stereocenters. The minimum Gasteiger partial charge on any atom is -0.197 e. The molecule has 0 aliphatic carbocycles. The molecule has 1 saturated heterocycles. The Labute approximate surface area is 47.7 Å². The van der Waals surface area contributed by atoms with E-state index in [0.29, 0.717) is 5.25 Å². The molecule has 2 heteroatoms. The number of thioether (sulfide) groups is 1. The molecule has 1 aliphatic rings. The maximum absolute atomic E-state index is 8.30. The van der Waals surface area contributed by atoms with Gasteiger partial charge in [0.25, 0.3) is 0 Å². The Kier molecular flexibility index (Phi) is 1.59. The second kappa shape index (κ2) is 2.23. The van der Waals surface area contributed by atoms with Gasteiger partial charge in [0.05, 0.1) is 11.3 Å². The van der Waals surface area contributed by atoms with E-state index in [0.717, 1.165) is 6.42 Å². The Hall–Kier alpha value is -0.160. The molecule has 1 nitrogen and oxygen atoms in total. The van der Waals surface area contributed by atoms with E-state index >= 15 is 0 Å². The highest BCUT2D eigenvalue weighted by atomic mass is 32.2. The molecular weight excluding hydrogens is 106 g/mol. The second-order valence-electron chi connectivity index (χ2n) is 1.63. The topological polar surface area (TPSA) is 23.8 Å². The Morgan fingerprint density at radius 1 is 1.71 bits per heavy atom. The van der Waals surface area contributed by atoms with Crippen LogP contribution in [0.15, 0.2) is 0 Å². The van der Waals surface area contributed by atoms with Crippen molar-refractivity contribution in [2.24, 2.45) is 0 Å². The Balaban J connectivity index is 2.31. The number of hydrogen-bond donors (Lipinski definition) is 0. The molecule has 0 unspecified atom stereocenters. The fourth-order valence-electron chi connectivity index (χ4n) is 0.679. The lowest BCUT2D eigenvalue weighted by atomic mass is 10.3. The van der Waals surface area contributed by atoms with Crippen LogP contribution < -0.4 is 0 Å². The third-order valence-electron chi connectivity index (χ3n) is 1.07. The summed E-state index contributed by atoms with van der Waals surface area (Å²) in [5.74, 6) is 1.19. The smallest absolute Gasteiger partial charge is 0.0916 e. The fraction of sp³-hybridized carbons (Fsp3) is 0.800. The first-order chi connectivity index (χ1) is 3.43. The van der Waals surface area contributed by atoms with Crippen LogP contribution in [0.5, 0.6) is 0 Å². The minimum absolute atomic E-state index is 0.319. The minimum atomic E-state index is 0.319. The molecule has 1 rings (SSSR count). The van der Waals surface area contributed by atoms with Gasteiger partial charge < -0.3 is 0 Å². The molecule has 0 spiro atoms. The lowest BCUT2D eigenvalue weighted by Crippen LogP contribution is -1.86. The van der Waals surface area contributed by atoms with Gasteiger partial charge in [-0.3, -0.25) is 0 Å². The number of nitriles is 1. The van der Waals surface area contributed by atoms with E-state index in [1.807, 2.05) is 0 Å². The normalized spacial score (nSPS) is 29.9. The van der Waals surface area contributed by atoms with Crippen LogP contribution in [-0.4, -0.2) is 11.0 Å². The number of nitrogens with zero attached hydrogens (tertiary/aromatic N) is 1. The summed E-state index contributed by atoms with van der Waals surface area (Å²) in [6.45, 7) is 0. The summed E-state index contributed by atoms with van der Waals surface area (Å²) in [5.41, 5.74) is 0. The molecule has 0 radical (unpaired) electrons. The molecule has 1 aliphatic heterocycles. The van der Waals surface area contributed by atoms with Gasteiger partial charge in [0, 0.05) is 0 Å². The third kappa shape index (κ3) is 1.10. The zero-order chi connectivity index (χ0) is 5.11. The predicted molar refractivity (Wildman–Crippen MR) is 31.1 cm³/mol. The van der Waals surface area contributed by atoms with Crippen molar-refractivity contribution >= 4 is 11.8 Å². The summed E-state index contributed by atoms with van der Waals surface area (Å²) in [6.07, 6.45) is 2.35. The van der Waals surface area contributed by atoms with E-state index in [-0.39, 0.29) is 0 Å². The van der Waals surface area contributed by atoms with Crippen molar-refractivity contribution in [1.29, 1.82) is 5.26 Å². The molecular formula is C5H7NS. The van der Waals surface area contributed by atoms with Crippen LogP contribution in [0.2, 0.25) is 0 Å². The summed E-state index contributed by atoms with van der Waals surface area (Å²) < 4.78 is 0. The highest BCUT2D eigenvalue weighted by Crippen LogP contribution is 2.24. The zero-order valence-electron chi connectivity index (χ0n) is 4.05. The predicted octanol–water partition coefficient (Wildman–Crippen LogP) is 1.41. The van der Waals surface area contributed by atoms with Crippen molar-refractivity contribution in [2.75, 3.05) is 5.75 Å². The maximum Gasteiger partial charge on any atom is 0.0916 e. The van der Waals surface area contributed by atoms with E-state index in [4.69, 9.17) is 5.26 Å². The van der Waals surface area contributed by atoms with Gasteiger partial charge in [-0.2, -0.15) is 5.26 Å². The van der Waals surface area contributed by atoms with Crippen LogP contribution in [0.3, 0.4) is 0 Å². The number of hydrogen-bond acceptors (Lipinski definition) is 2. The van der Waals surface area contributed by atoms with E-state index in [1.54, 1.807) is 11.8 Å². The molecule has 0 aromatic carbocycles. The van der Waals surface area contributed by atoms with Gasteiger partial charge in [0.1, 0.15) is 0 Å². The summed E-state index contributed by atoms with van der Waals surface area (Å²) in [5, 5.41) is 8.61. The van der Waals surface area contributed by atoms with Gasteiger partial charge >= 0.3 is 0 Å². The van der Waals surface area contributed by atoms with Gasteiger partial charge in [-0.15, -0.1) is 11.8 Å². The highest BCUT2D eigenvalue weighted by molar-refractivity contribution is 8.00. The molecule has 0 amide bonds. The van der Waals surface area contributed by atoms with Crippen LogP contribution >= 0.6 is 11.8 Å². The van der Waals surface area contributed by atoms with Crippen LogP contribution in [0.1, 0.15) is 12.8 Å². The van der Waals surface area contributed by atoms with Crippen LogP contribution in [0.4, 0.5) is 0 Å². The first-order valence-electron chi connectivity index (χ1n) is 2.44. The molecule has 0 aromatic heterocycles. The average molecular weight is 113 g/mol. The standard InChI is InChI=1S/C5H7NS/c6-4-5-2-1-3-7-5/h5H,1-3H2/t5-/m1/s1. The molecule has 1 fully saturated rings. The summed E-state index contributed by atoms with van der Waals surface area (Å²) >= 11 is 1.78. The van der Waals surface area contributed by atoms with Crippen molar-refractivity contribution in [3.8, 4) is 6.07 Å². The second-order valence-corrected chi connectivity index (χ2v) is 2.94. The Morgan fingerprint density at radius 3 is 2.86 bits per heavy atom. The van der Waals surface area contributed by atoms with Crippen LogP contribution in [0, 0.1) is 11.3 Å². The molecule has 0 bridgehead atoms. The van der Waals surface area contributed by atoms with E-state index in [2.05, 4.69) is 6.07 Å². The average Bonchev–Trinajstić information content (AvgIpc) is 2.14. The van der Waals surface area contributed by atoms with Crippen molar-refractivity contribution < 1.29 is 0 Å². The molecule has 0 saturated carbocycles. The maximum atomic E-state index is 8.30. The number of rotatable bonds is 0. The highest BCUT2D eigenvalue weighted by Gasteiger charge is 2.12. The van der Waals surface area contributed by atoms with Crippen LogP contribution in [-0.2, 0) is 0 Å².